The van der Waals surface area contributed by atoms with Crippen molar-refractivity contribution in [3.63, 3.8) is 0 Å². The molecule has 12 heavy (non-hydrogen) atoms. The number of nitrogens with zero attached hydrogens (tertiary/aromatic N) is 1. The molecule has 0 rings (SSSR count). The second-order valence-corrected chi connectivity index (χ2v) is 2.41. The molecule has 4 nitrogen and oxygen atoms in total. The van der Waals surface area contributed by atoms with E-state index in [4.69, 9.17) is 0 Å². The molecule has 0 saturated heterocycles. The van der Waals surface area contributed by atoms with Crippen molar-refractivity contribution in [1.29, 1.82) is 0 Å². The van der Waals surface area contributed by atoms with Crippen LogP contribution in [0.1, 0.15) is 6.92 Å². The molecule has 0 atom stereocenters. The minimum absolute atomic E-state index is 0.0688. The molecule has 0 saturated carbocycles. The molecule has 1 N–H and O–H groups in total. The van der Waals surface area contributed by atoms with Crippen LogP contribution in [0.3, 0.4) is 0 Å². The zero-order valence-corrected chi connectivity index (χ0v) is 8.68. The van der Waals surface area contributed by atoms with Gasteiger partial charge in [0.05, 0.1) is 6.54 Å². The smallest absolute Gasteiger partial charge is 0.233 e. The molecule has 0 aliphatic heterocycles. The summed E-state index contributed by atoms with van der Waals surface area (Å²) in [6, 6.07) is 0. The zero-order chi connectivity index (χ0) is 9.98. The summed E-state index contributed by atoms with van der Waals surface area (Å²) in [7, 11) is 6.81. The van der Waals surface area contributed by atoms with Gasteiger partial charge in [0.2, 0.25) is 5.91 Å². The molecular formula is C8H20N2O2. The summed E-state index contributed by atoms with van der Waals surface area (Å²) in [4.78, 5) is 12.6. The van der Waals surface area contributed by atoms with Crippen molar-refractivity contribution >= 4 is 5.91 Å². The van der Waals surface area contributed by atoms with Gasteiger partial charge < -0.3 is 10.1 Å². The van der Waals surface area contributed by atoms with E-state index in [9.17, 15) is 4.79 Å². The van der Waals surface area contributed by atoms with Crippen LogP contribution in [0.2, 0.25) is 0 Å². The molecule has 74 valence electrons. The molecule has 0 heterocycles. The molecular weight excluding hydrogens is 156 g/mol. The number of carbonyl (C=O) groups is 1. The lowest BCUT2D eigenvalue weighted by Gasteiger charge is -2.11. The third kappa shape index (κ3) is 12.1. The Kier molecular flexibility index (Phi) is 12.1. The number of hydrogen-bond acceptors (Lipinski definition) is 3. The first kappa shape index (κ1) is 13.9. The van der Waals surface area contributed by atoms with E-state index >= 15 is 0 Å². The molecule has 0 aromatic rings. The Morgan fingerprint density at radius 2 is 1.92 bits per heavy atom. The molecule has 0 aliphatic carbocycles. The highest BCUT2D eigenvalue weighted by molar-refractivity contribution is 5.77. The van der Waals surface area contributed by atoms with E-state index in [0.717, 1.165) is 6.54 Å². The van der Waals surface area contributed by atoms with Crippen LogP contribution in [0.15, 0.2) is 0 Å². The van der Waals surface area contributed by atoms with Crippen molar-refractivity contribution in [2.75, 3.05) is 41.4 Å². The lowest BCUT2D eigenvalue weighted by atomic mass is 10.5. The minimum Gasteiger partial charge on any atom is -0.388 e. The Morgan fingerprint density at radius 3 is 2.17 bits per heavy atom. The summed E-state index contributed by atoms with van der Waals surface area (Å²) >= 11 is 0. The minimum atomic E-state index is 0.0688. The second kappa shape index (κ2) is 10.4. The summed E-state index contributed by atoms with van der Waals surface area (Å²) in [6.45, 7) is 3.42. The van der Waals surface area contributed by atoms with Gasteiger partial charge in [0, 0.05) is 21.3 Å². The lowest BCUT2D eigenvalue weighted by Crippen LogP contribution is -2.32. The number of likely N-dealkylation sites (N-methyl/N-ethyl adjacent to an activating group) is 2. The topological polar surface area (TPSA) is 41.6 Å². The van der Waals surface area contributed by atoms with Gasteiger partial charge in [0.25, 0.3) is 0 Å². The number of nitrogens with one attached hydrogen (secondary N) is 1. The molecule has 0 unspecified atom stereocenters. The Balaban J connectivity index is 0. The fourth-order valence-electron chi connectivity index (χ4n) is 0.436. The summed E-state index contributed by atoms with van der Waals surface area (Å²) in [5.74, 6) is 0.0688. The van der Waals surface area contributed by atoms with Crippen LogP contribution in [0, 0.1) is 0 Å². The maximum absolute atomic E-state index is 10.6. The molecule has 0 aliphatic rings. The molecule has 1 amide bonds. The summed E-state index contributed by atoms with van der Waals surface area (Å²) in [5.41, 5.74) is 0. The van der Waals surface area contributed by atoms with E-state index in [2.05, 4.69) is 10.1 Å². The molecule has 4 heteroatoms. The fourth-order valence-corrected chi connectivity index (χ4v) is 0.436. The standard InChI is InChI=1S/C6H14N2O.C2H6O/c1-4-8(3)5-6(9)7-2;1-3-2/h4-5H2,1-3H3,(H,7,9);1-2H3. The molecule has 0 fully saturated rings. The van der Waals surface area contributed by atoms with Gasteiger partial charge in [-0.15, -0.1) is 0 Å². The van der Waals surface area contributed by atoms with E-state index in [-0.39, 0.29) is 5.91 Å². The van der Waals surface area contributed by atoms with Crippen LogP contribution in [0.5, 0.6) is 0 Å². The van der Waals surface area contributed by atoms with Crippen molar-refractivity contribution in [3.05, 3.63) is 0 Å². The SMILES string of the molecule is CCN(C)CC(=O)NC.COC. The predicted octanol–water partition coefficient (Wildman–Crippen LogP) is -0.0533. The number of carbonyl (C=O) groups excluding carboxylic acids is 1. The first-order valence-corrected chi connectivity index (χ1v) is 3.91. The van der Waals surface area contributed by atoms with Gasteiger partial charge >= 0.3 is 0 Å². The first-order valence-electron chi connectivity index (χ1n) is 3.91. The third-order valence-electron chi connectivity index (χ3n) is 1.23. The summed E-state index contributed by atoms with van der Waals surface area (Å²) in [5, 5.41) is 2.55. The van der Waals surface area contributed by atoms with Gasteiger partial charge in [-0.2, -0.15) is 0 Å². The molecule has 0 spiro atoms. The largest absolute Gasteiger partial charge is 0.388 e. The van der Waals surface area contributed by atoms with Gasteiger partial charge in [-0.3, -0.25) is 9.69 Å². The summed E-state index contributed by atoms with van der Waals surface area (Å²) < 4.78 is 4.25. The number of methoxy groups -OCH3 is 1. The zero-order valence-electron chi connectivity index (χ0n) is 8.68. The van der Waals surface area contributed by atoms with Gasteiger partial charge in [0.15, 0.2) is 0 Å². The van der Waals surface area contributed by atoms with Crippen LogP contribution in [0.25, 0.3) is 0 Å². The van der Waals surface area contributed by atoms with Crippen molar-refractivity contribution in [1.82, 2.24) is 10.2 Å². The van der Waals surface area contributed by atoms with Gasteiger partial charge in [-0.05, 0) is 13.6 Å². The number of ether oxygens (including phenoxy) is 1. The van der Waals surface area contributed by atoms with Crippen LogP contribution < -0.4 is 5.32 Å². The van der Waals surface area contributed by atoms with E-state index in [0.29, 0.717) is 6.54 Å². The normalized spacial score (nSPS) is 8.83. The van der Waals surface area contributed by atoms with Crippen molar-refractivity contribution in [2.45, 2.75) is 6.92 Å². The lowest BCUT2D eigenvalue weighted by molar-refractivity contribution is -0.121. The monoisotopic (exact) mass is 176 g/mol. The van der Waals surface area contributed by atoms with Gasteiger partial charge in [-0.25, -0.2) is 0 Å². The Hall–Kier alpha value is -0.610. The highest BCUT2D eigenvalue weighted by Crippen LogP contribution is 1.77. The van der Waals surface area contributed by atoms with E-state index in [1.54, 1.807) is 21.3 Å². The van der Waals surface area contributed by atoms with Gasteiger partial charge in [-0.1, -0.05) is 6.92 Å². The quantitative estimate of drug-likeness (QED) is 0.655. The van der Waals surface area contributed by atoms with E-state index in [1.807, 2.05) is 18.9 Å². The molecule has 0 radical (unpaired) electrons. The van der Waals surface area contributed by atoms with Crippen LogP contribution >= 0.6 is 0 Å². The number of amides is 1. The third-order valence-corrected chi connectivity index (χ3v) is 1.23. The average Bonchev–Trinajstić information content (AvgIpc) is 2.05. The fraction of sp³-hybridized carbons (Fsp3) is 0.875. The van der Waals surface area contributed by atoms with Crippen LogP contribution in [0.4, 0.5) is 0 Å². The molecule has 0 bridgehead atoms. The highest BCUT2D eigenvalue weighted by atomic mass is 16.4. The summed E-state index contributed by atoms with van der Waals surface area (Å²) in [6.07, 6.45) is 0. The highest BCUT2D eigenvalue weighted by Gasteiger charge is 1.99. The number of hydrogen-bond donors (Lipinski definition) is 1. The van der Waals surface area contributed by atoms with Crippen molar-refractivity contribution < 1.29 is 9.53 Å². The average molecular weight is 176 g/mol. The maximum Gasteiger partial charge on any atom is 0.233 e. The second-order valence-electron chi connectivity index (χ2n) is 2.41. The first-order chi connectivity index (χ1) is 5.62. The van der Waals surface area contributed by atoms with Gasteiger partial charge in [0.1, 0.15) is 0 Å². The van der Waals surface area contributed by atoms with E-state index in [1.165, 1.54) is 0 Å². The maximum atomic E-state index is 10.6. The van der Waals surface area contributed by atoms with Crippen LogP contribution in [-0.4, -0.2) is 52.2 Å². The van der Waals surface area contributed by atoms with E-state index < -0.39 is 0 Å². The van der Waals surface area contributed by atoms with Crippen molar-refractivity contribution in [2.24, 2.45) is 0 Å². The van der Waals surface area contributed by atoms with Crippen molar-refractivity contribution in [3.8, 4) is 0 Å². The Bertz CT molecular complexity index is 107. The Labute approximate surface area is 74.9 Å². The van der Waals surface area contributed by atoms with Crippen LogP contribution in [-0.2, 0) is 9.53 Å². The number of rotatable bonds is 3. The predicted molar refractivity (Wildman–Crippen MR) is 50.2 cm³/mol. The Morgan fingerprint density at radius 1 is 1.50 bits per heavy atom. The molecule has 0 aromatic carbocycles. The molecule has 0 aromatic heterocycles.